The van der Waals surface area contributed by atoms with Gasteiger partial charge in [0.25, 0.3) is 0 Å². The molecule has 0 spiro atoms. The van der Waals surface area contributed by atoms with Crippen LogP contribution in [0.4, 0.5) is 18.9 Å². The number of aromatic nitrogens is 3. The summed E-state index contributed by atoms with van der Waals surface area (Å²) in [6.45, 7) is 3.38. The fourth-order valence-corrected chi connectivity index (χ4v) is 4.61. The van der Waals surface area contributed by atoms with Crippen molar-refractivity contribution in [1.82, 2.24) is 19.7 Å². The minimum absolute atomic E-state index is 0.0671. The summed E-state index contributed by atoms with van der Waals surface area (Å²) in [4.78, 5) is 14.8. The average molecular weight is 490 g/mol. The number of hydrogen-bond donors (Lipinski definition) is 1. The fourth-order valence-electron chi connectivity index (χ4n) is 3.85. The Hall–Kier alpha value is -2.85. The van der Waals surface area contributed by atoms with Crippen molar-refractivity contribution in [2.75, 3.05) is 24.2 Å². The van der Waals surface area contributed by atoms with Crippen molar-refractivity contribution in [2.24, 2.45) is 0 Å². The lowest BCUT2D eigenvalue weighted by atomic mass is 10.1. The molecule has 180 valence electrons. The molecule has 1 saturated heterocycles. The van der Waals surface area contributed by atoms with Crippen LogP contribution in [0.3, 0.4) is 0 Å². The molecule has 0 aliphatic carbocycles. The number of halogens is 3. The first kappa shape index (κ1) is 24.3. The summed E-state index contributed by atoms with van der Waals surface area (Å²) in [5, 5.41) is 12.0. The highest BCUT2D eigenvalue weighted by molar-refractivity contribution is 7.99. The van der Waals surface area contributed by atoms with Gasteiger partial charge in [0.05, 0.1) is 24.4 Å². The van der Waals surface area contributed by atoms with E-state index in [9.17, 15) is 18.0 Å². The molecule has 0 saturated carbocycles. The van der Waals surface area contributed by atoms with Gasteiger partial charge in [0, 0.05) is 5.69 Å². The van der Waals surface area contributed by atoms with Crippen LogP contribution >= 0.6 is 11.8 Å². The number of hydrogen-bond acceptors (Lipinski definition) is 5. The summed E-state index contributed by atoms with van der Waals surface area (Å²) in [7, 11) is 0. The molecular formula is C24H26F3N5OS. The van der Waals surface area contributed by atoms with Gasteiger partial charge in [-0.25, -0.2) is 0 Å². The number of nitrogens with zero attached hydrogens (tertiary/aromatic N) is 4. The number of thioether (sulfide) groups is 1. The quantitative estimate of drug-likeness (QED) is 0.448. The first-order chi connectivity index (χ1) is 16.4. The van der Waals surface area contributed by atoms with E-state index >= 15 is 0 Å². The molecule has 0 radical (unpaired) electrons. The number of benzene rings is 2. The lowest BCUT2D eigenvalue weighted by Gasteiger charge is -2.26. The Morgan fingerprint density at radius 1 is 0.941 bits per heavy atom. The van der Waals surface area contributed by atoms with Gasteiger partial charge in [-0.3, -0.25) is 9.69 Å². The lowest BCUT2D eigenvalue weighted by Crippen LogP contribution is -2.30. The Morgan fingerprint density at radius 2 is 1.65 bits per heavy atom. The Balaban J connectivity index is 1.42. The van der Waals surface area contributed by atoms with Gasteiger partial charge in [0.2, 0.25) is 5.91 Å². The minimum atomic E-state index is -4.41. The zero-order valence-electron chi connectivity index (χ0n) is 18.6. The summed E-state index contributed by atoms with van der Waals surface area (Å²) in [5.41, 5.74) is 0.670. The maximum atomic E-state index is 12.7. The molecule has 1 aliphatic rings. The summed E-state index contributed by atoms with van der Waals surface area (Å²) in [6, 6.07) is 14.4. The predicted octanol–water partition coefficient (Wildman–Crippen LogP) is 5.06. The molecule has 0 unspecified atom stereocenters. The number of likely N-dealkylation sites (tertiary alicyclic amines) is 1. The molecule has 1 aromatic heterocycles. The van der Waals surface area contributed by atoms with Crippen molar-refractivity contribution in [3.63, 3.8) is 0 Å². The molecule has 1 fully saturated rings. The van der Waals surface area contributed by atoms with Gasteiger partial charge in [0.1, 0.15) is 5.82 Å². The van der Waals surface area contributed by atoms with E-state index in [0.29, 0.717) is 23.9 Å². The summed E-state index contributed by atoms with van der Waals surface area (Å²) < 4.78 is 40.2. The van der Waals surface area contributed by atoms with Gasteiger partial charge in [-0.05, 0) is 55.8 Å². The van der Waals surface area contributed by atoms with Crippen LogP contribution in [0.1, 0.15) is 36.2 Å². The molecular weight excluding hydrogens is 463 g/mol. The predicted molar refractivity (Wildman–Crippen MR) is 125 cm³/mol. The van der Waals surface area contributed by atoms with Crippen LogP contribution in [-0.4, -0.2) is 44.4 Å². The van der Waals surface area contributed by atoms with Crippen LogP contribution in [0.15, 0.2) is 59.8 Å². The molecule has 6 nitrogen and oxygen atoms in total. The molecule has 1 aliphatic heterocycles. The highest BCUT2D eigenvalue weighted by Gasteiger charge is 2.30. The van der Waals surface area contributed by atoms with E-state index in [-0.39, 0.29) is 11.7 Å². The first-order valence-electron chi connectivity index (χ1n) is 11.2. The van der Waals surface area contributed by atoms with Crippen molar-refractivity contribution in [1.29, 1.82) is 0 Å². The molecule has 34 heavy (non-hydrogen) atoms. The van der Waals surface area contributed by atoms with Gasteiger partial charge in [0.15, 0.2) is 5.16 Å². The Kier molecular flexibility index (Phi) is 7.89. The molecule has 3 aromatic rings. The SMILES string of the molecule is O=C(CSc1nnc(CN2CCCCC2)n1Cc1ccccc1)Nc1ccc(C(F)(F)F)cc1. The molecule has 1 N–H and O–H groups in total. The fraction of sp³-hybridized carbons (Fsp3) is 0.375. The standard InChI is InChI=1S/C24H26F3N5OS/c25-24(26,27)19-9-11-20(12-10-19)28-22(33)17-34-23-30-29-21(16-31-13-5-2-6-14-31)32(23)15-18-7-3-1-4-8-18/h1,3-4,7-12H,2,5-6,13-17H2,(H,28,33). The van der Waals surface area contributed by atoms with Crippen LogP contribution in [-0.2, 0) is 24.1 Å². The van der Waals surface area contributed by atoms with Gasteiger partial charge in [-0.15, -0.1) is 10.2 Å². The smallest absolute Gasteiger partial charge is 0.325 e. The van der Waals surface area contributed by atoms with Crippen molar-refractivity contribution in [3.05, 3.63) is 71.5 Å². The van der Waals surface area contributed by atoms with E-state index < -0.39 is 11.7 Å². The van der Waals surface area contributed by atoms with E-state index in [2.05, 4.69) is 20.4 Å². The van der Waals surface area contributed by atoms with Crippen LogP contribution in [0.5, 0.6) is 0 Å². The number of amides is 1. The topological polar surface area (TPSA) is 63.1 Å². The van der Waals surface area contributed by atoms with E-state index in [4.69, 9.17) is 0 Å². The molecule has 10 heteroatoms. The lowest BCUT2D eigenvalue weighted by molar-refractivity contribution is -0.137. The second kappa shape index (κ2) is 11.1. The zero-order valence-corrected chi connectivity index (χ0v) is 19.4. The second-order valence-corrected chi connectivity index (χ2v) is 9.16. The highest BCUT2D eigenvalue weighted by atomic mass is 32.2. The minimum Gasteiger partial charge on any atom is -0.325 e. The molecule has 0 atom stereocenters. The second-order valence-electron chi connectivity index (χ2n) is 8.22. The number of carbonyl (C=O) groups is 1. The van der Waals surface area contributed by atoms with Gasteiger partial charge < -0.3 is 9.88 Å². The molecule has 4 rings (SSSR count). The van der Waals surface area contributed by atoms with Gasteiger partial charge >= 0.3 is 6.18 Å². The number of piperidine rings is 1. The normalized spacial score (nSPS) is 14.8. The largest absolute Gasteiger partial charge is 0.416 e. The summed E-state index contributed by atoms with van der Waals surface area (Å²) in [6.07, 6.45) is -0.799. The summed E-state index contributed by atoms with van der Waals surface area (Å²) in [5.74, 6) is 0.602. The van der Waals surface area contributed by atoms with E-state index in [1.54, 1.807) is 0 Å². The molecule has 2 aromatic carbocycles. The van der Waals surface area contributed by atoms with Gasteiger partial charge in [-0.2, -0.15) is 13.2 Å². The third-order valence-electron chi connectivity index (χ3n) is 5.62. The summed E-state index contributed by atoms with van der Waals surface area (Å²) >= 11 is 1.26. The average Bonchev–Trinajstić information content (AvgIpc) is 3.19. The molecule has 1 amide bonds. The third-order valence-corrected chi connectivity index (χ3v) is 6.59. The van der Waals surface area contributed by atoms with Gasteiger partial charge in [-0.1, -0.05) is 48.5 Å². The Labute approximate surface area is 200 Å². The van der Waals surface area contributed by atoms with Crippen molar-refractivity contribution in [2.45, 2.75) is 43.7 Å². The van der Waals surface area contributed by atoms with Crippen molar-refractivity contribution >= 4 is 23.4 Å². The molecule has 2 heterocycles. The van der Waals surface area contributed by atoms with E-state index in [1.807, 2.05) is 34.9 Å². The maximum absolute atomic E-state index is 12.7. The highest BCUT2D eigenvalue weighted by Crippen LogP contribution is 2.30. The first-order valence-corrected chi connectivity index (χ1v) is 12.2. The maximum Gasteiger partial charge on any atom is 0.416 e. The molecule has 0 bridgehead atoms. The number of nitrogens with one attached hydrogen (secondary N) is 1. The van der Waals surface area contributed by atoms with Crippen LogP contribution < -0.4 is 5.32 Å². The van der Waals surface area contributed by atoms with Crippen LogP contribution in [0.25, 0.3) is 0 Å². The number of carbonyl (C=O) groups excluding carboxylic acids is 1. The number of rotatable bonds is 8. The van der Waals surface area contributed by atoms with Crippen LogP contribution in [0.2, 0.25) is 0 Å². The number of anilines is 1. The Bertz CT molecular complexity index is 1080. The third kappa shape index (κ3) is 6.60. The van der Waals surface area contributed by atoms with E-state index in [0.717, 1.165) is 36.6 Å². The Morgan fingerprint density at radius 3 is 2.32 bits per heavy atom. The number of alkyl halides is 3. The zero-order chi connectivity index (χ0) is 24.0. The van der Waals surface area contributed by atoms with Crippen LogP contribution in [0, 0.1) is 0 Å². The van der Waals surface area contributed by atoms with Crippen molar-refractivity contribution < 1.29 is 18.0 Å². The monoisotopic (exact) mass is 489 g/mol. The van der Waals surface area contributed by atoms with Crippen molar-refractivity contribution in [3.8, 4) is 0 Å². The van der Waals surface area contributed by atoms with E-state index in [1.165, 1.54) is 43.2 Å².